The monoisotopic (exact) mass is 594 g/mol. The number of amides is 1. The van der Waals surface area contributed by atoms with Crippen LogP contribution in [-0.4, -0.2) is 57.6 Å². The maximum atomic E-state index is 12.5. The molecule has 1 amide bonds. The molecule has 2 fully saturated rings. The molecule has 228 valence electrons. The van der Waals surface area contributed by atoms with Crippen LogP contribution in [0.1, 0.15) is 88.1 Å². The van der Waals surface area contributed by atoms with Crippen LogP contribution in [-0.2, 0) is 30.5 Å². The van der Waals surface area contributed by atoms with Gasteiger partial charge in [-0.15, -0.1) is 0 Å². The van der Waals surface area contributed by atoms with Crippen LogP contribution < -0.4 is 11.2 Å². The number of carbonyl (C=O) groups excluding carboxylic acids is 1. The van der Waals surface area contributed by atoms with Crippen molar-refractivity contribution in [3.63, 3.8) is 0 Å². The van der Waals surface area contributed by atoms with Crippen LogP contribution in [0.25, 0.3) is 0 Å². The fraction of sp³-hybridized carbons (Fsp3) is 0.645. The first-order valence-corrected chi connectivity index (χ1v) is 17.8. The van der Waals surface area contributed by atoms with Crippen molar-refractivity contribution >= 4 is 26.8 Å². The Morgan fingerprint density at radius 2 is 1.90 bits per heavy atom. The number of aromatic nitrogens is 2. The fourth-order valence-electron chi connectivity index (χ4n) is 5.45. The third-order valence-electron chi connectivity index (χ3n) is 8.86. The highest BCUT2D eigenvalue weighted by atomic mass is 28.4. The largest absolute Gasteiger partial charge is 0.494 e. The Bertz CT molecular complexity index is 1330. The number of ether oxygens (including phenoxy) is 1. The van der Waals surface area contributed by atoms with Crippen molar-refractivity contribution < 1.29 is 23.3 Å². The van der Waals surface area contributed by atoms with E-state index in [2.05, 4.69) is 79.8 Å². The Kier molecular flexibility index (Phi) is 9.18. The van der Waals surface area contributed by atoms with Crippen molar-refractivity contribution in [1.82, 2.24) is 9.78 Å². The van der Waals surface area contributed by atoms with Gasteiger partial charge in [-0.2, -0.15) is 10.4 Å². The average Bonchev–Trinajstić information content (AvgIpc) is 3.31. The highest BCUT2D eigenvalue weighted by molar-refractivity contribution is 6.74. The highest BCUT2D eigenvalue weighted by Crippen LogP contribution is 2.41. The predicted octanol–water partition coefficient (Wildman–Crippen LogP) is 4.70. The molecule has 1 unspecified atom stereocenters. The van der Waals surface area contributed by atoms with Crippen molar-refractivity contribution in [3.05, 3.63) is 46.8 Å². The van der Waals surface area contributed by atoms with Crippen molar-refractivity contribution in [1.29, 1.82) is 5.26 Å². The number of hydrogen-bond donors (Lipinski definition) is 1. The number of rotatable bonds is 8. The summed E-state index contributed by atoms with van der Waals surface area (Å²) in [6.45, 7) is 21.8. The second kappa shape index (κ2) is 11.9. The van der Waals surface area contributed by atoms with Crippen molar-refractivity contribution in [3.8, 4) is 6.07 Å². The Morgan fingerprint density at radius 3 is 2.50 bits per heavy atom. The Morgan fingerprint density at radius 1 is 1.24 bits per heavy atom. The molecule has 0 saturated carbocycles. The minimum atomic E-state index is -2.11. The van der Waals surface area contributed by atoms with E-state index in [0.29, 0.717) is 50.5 Å². The van der Waals surface area contributed by atoms with Crippen LogP contribution in [0.15, 0.2) is 24.4 Å². The van der Waals surface area contributed by atoms with Crippen LogP contribution in [0.4, 0.5) is 0 Å². The zero-order valence-corrected chi connectivity index (χ0v) is 27.7. The van der Waals surface area contributed by atoms with Gasteiger partial charge in [-0.3, -0.25) is 9.48 Å². The van der Waals surface area contributed by atoms with Crippen molar-refractivity contribution in [2.45, 2.75) is 91.1 Å². The molecule has 1 aromatic heterocycles. The molecule has 2 N–H and O–H groups in total. The van der Waals surface area contributed by atoms with Crippen LogP contribution in [0, 0.1) is 22.7 Å². The minimum absolute atomic E-state index is 0.0458. The Labute approximate surface area is 252 Å². The summed E-state index contributed by atoms with van der Waals surface area (Å²) < 4.78 is 26.8. The van der Waals surface area contributed by atoms with Crippen LogP contribution >= 0.6 is 0 Å². The normalized spacial score (nSPS) is 21.7. The topological polar surface area (TPSA) is 122 Å². The van der Waals surface area contributed by atoms with Crippen LogP contribution in [0.3, 0.4) is 0 Å². The molecule has 2 aliphatic rings. The molecule has 2 atom stereocenters. The molecule has 9 nitrogen and oxygen atoms in total. The summed E-state index contributed by atoms with van der Waals surface area (Å²) in [6, 6.07) is 8.31. The summed E-state index contributed by atoms with van der Waals surface area (Å²) in [5, 5.41) is 14.5. The Hall–Kier alpha value is -2.49. The van der Waals surface area contributed by atoms with Gasteiger partial charge in [0.1, 0.15) is 0 Å². The molecule has 0 spiro atoms. The molecule has 4 rings (SSSR count). The lowest BCUT2D eigenvalue weighted by Crippen LogP contribution is -2.52. The maximum absolute atomic E-state index is 12.5. The number of nitrogens with zero attached hydrogens (tertiary/aromatic N) is 3. The quantitative estimate of drug-likeness (QED) is 0.440. The van der Waals surface area contributed by atoms with Gasteiger partial charge in [0, 0.05) is 37.9 Å². The summed E-state index contributed by atoms with van der Waals surface area (Å²) in [6.07, 6.45) is 2.66. The molecule has 2 aromatic rings. The SMILES string of the molecule is CC1(C)COB(c2cc(Cc3nn(C4COCC[C@H]4C#N)cc3C(N)=O)ccc2C(C)(C)O[Si](C)(C)C(C)(C)C)OC1. The van der Waals surface area contributed by atoms with Gasteiger partial charge in [-0.25, -0.2) is 0 Å². The van der Waals surface area contributed by atoms with Crippen LogP contribution in [0.5, 0.6) is 0 Å². The lowest BCUT2D eigenvalue weighted by atomic mass is 9.70. The second-order valence-corrected chi connectivity index (χ2v) is 19.3. The predicted molar refractivity (Wildman–Crippen MR) is 166 cm³/mol. The maximum Gasteiger partial charge on any atom is 0.494 e. The molecule has 2 aliphatic heterocycles. The van der Waals surface area contributed by atoms with Gasteiger partial charge in [0.2, 0.25) is 0 Å². The summed E-state index contributed by atoms with van der Waals surface area (Å²) in [5.41, 5.74) is 8.89. The number of hydrogen-bond acceptors (Lipinski definition) is 7. The van der Waals surface area contributed by atoms with Gasteiger partial charge in [0.15, 0.2) is 8.32 Å². The number of primary amides is 1. The molecule has 2 saturated heterocycles. The smallest absolute Gasteiger partial charge is 0.408 e. The van der Waals surface area contributed by atoms with E-state index >= 15 is 0 Å². The summed E-state index contributed by atoms with van der Waals surface area (Å²) >= 11 is 0. The van der Waals surface area contributed by atoms with E-state index in [1.807, 2.05) is 6.07 Å². The fourth-order valence-corrected chi connectivity index (χ4v) is 7.14. The molecule has 0 bridgehead atoms. The van der Waals surface area contributed by atoms with E-state index in [9.17, 15) is 10.1 Å². The van der Waals surface area contributed by atoms with Crippen LogP contribution in [0.2, 0.25) is 18.1 Å². The number of carbonyl (C=O) groups is 1. The number of nitrogens with two attached hydrogens (primary N) is 1. The molecule has 11 heteroatoms. The van der Waals surface area contributed by atoms with Gasteiger partial charge in [-0.1, -0.05) is 52.8 Å². The number of benzene rings is 1. The first kappa shape index (κ1) is 32.4. The zero-order valence-electron chi connectivity index (χ0n) is 26.7. The van der Waals surface area contributed by atoms with E-state index in [1.165, 1.54) is 0 Å². The summed E-state index contributed by atoms with van der Waals surface area (Å²) in [7, 11) is -2.66. The van der Waals surface area contributed by atoms with Gasteiger partial charge < -0.3 is 24.2 Å². The number of nitriles is 1. The molecule has 1 aromatic carbocycles. The van der Waals surface area contributed by atoms with Gasteiger partial charge in [-0.05, 0) is 55.0 Å². The molecule has 42 heavy (non-hydrogen) atoms. The molecular weight excluding hydrogens is 547 g/mol. The minimum Gasteiger partial charge on any atom is -0.408 e. The third kappa shape index (κ3) is 7.00. The highest BCUT2D eigenvalue weighted by Gasteiger charge is 2.44. The van der Waals surface area contributed by atoms with Gasteiger partial charge in [0.25, 0.3) is 5.91 Å². The standard InChI is InChI=1S/C31H47BN4O5Si/c1-29(2,3)42(8,9)41-31(6,7)24-11-10-21(14-25(24)32-39-19-30(4,5)20-40-32)15-26-23(28(34)37)17-36(35-26)27-18-38-13-12-22(27)16-33/h10-11,14,17,22,27H,12-13,15,18-20H2,1-9H3,(H2,34,37)/t22-,27?/m0/s1. The zero-order chi connectivity index (χ0) is 31.1. The summed E-state index contributed by atoms with van der Waals surface area (Å²) in [5.74, 6) is -0.797. The second-order valence-electron chi connectivity index (χ2n) is 14.6. The average molecular weight is 595 g/mol. The third-order valence-corrected chi connectivity index (χ3v) is 13.5. The summed E-state index contributed by atoms with van der Waals surface area (Å²) in [4.78, 5) is 12.5. The molecule has 0 radical (unpaired) electrons. The Balaban J connectivity index is 1.72. The van der Waals surface area contributed by atoms with E-state index < -0.39 is 26.9 Å². The van der Waals surface area contributed by atoms with Crippen molar-refractivity contribution in [2.24, 2.45) is 17.1 Å². The van der Waals surface area contributed by atoms with Crippen molar-refractivity contribution in [2.75, 3.05) is 26.4 Å². The van der Waals surface area contributed by atoms with E-state index in [-0.39, 0.29) is 22.4 Å². The van der Waals surface area contributed by atoms with E-state index in [4.69, 9.17) is 29.3 Å². The molecule has 3 heterocycles. The van der Waals surface area contributed by atoms with Gasteiger partial charge >= 0.3 is 7.12 Å². The molecule has 0 aliphatic carbocycles. The first-order chi connectivity index (χ1) is 19.4. The van der Waals surface area contributed by atoms with E-state index in [1.54, 1.807) is 10.9 Å². The lowest BCUT2D eigenvalue weighted by Gasteiger charge is -2.44. The van der Waals surface area contributed by atoms with E-state index in [0.717, 1.165) is 16.6 Å². The molecular formula is C31H47BN4O5Si. The first-order valence-electron chi connectivity index (χ1n) is 14.9. The van der Waals surface area contributed by atoms with Gasteiger partial charge in [0.05, 0.1) is 41.5 Å². The lowest BCUT2D eigenvalue weighted by molar-refractivity contribution is 0.0334.